The van der Waals surface area contributed by atoms with Gasteiger partial charge in [0.15, 0.2) is 5.82 Å². The van der Waals surface area contributed by atoms with Gasteiger partial charge in [-0.25, -0.2) is 9.97 Å². The van der Waals surface area contributed by atoms with Crippen molar-refractivity contribution in [2.45, 2.75) is 0 Å². The number of piperazine rings is 1. The number of nitrogens with zero attached hydrogens (tertiary/aromatic N) is 4. The van der Waals surface area contributed by atoms with Crippen molar-refractivity contribution in [1.29, 1.82) is 0 Å². The summed E-state index contributed by atoms with van der Waals surface area (Å²) in [5.74, 6) is 0.378. The van der Waals surface area contributed by atoms with Crippen LogP contribution in [0.4, 0.5) is 11.5 Å². The van der Waals surface area contributed by atoms with Gasteiger partial charge in [0.05, 0.1) is 5.69 Å². The molecule has 33 heavy (non-hydrogen) atoms. The van der Waals surface area contributed by atoms with Crippen molar-refractivity contribution in [3.63, 3.8) is 0 Å². The summed E-state index contributed by atoms with van der Waals surface area (Å²) in [7, 11) is 0. The first-order valence-corrected chi connectivity index (χ1v) is 11.6. The number of nitrogens with one attached hydrogen (secondary N) is 1. The number of anilines is 2. The Morgan fingerprint density at radius 1 is 0.970 bits per heavy atom. The van der Waals surface area contributed by atoms with E-state index in [2.05, 4.69) is 37.2 Å². The molecule has 0 atom stereocenters. The minimum absolute atomic E-state index is 0.262. The second-order valence-corrected chi connectivity index (χ2v) is 8.78. The number of aromatic nitrogens is 2. The molecule has 3 heterocycles. The minimum atomic E-state index is -0.282. The lowest BCUT2D eigenvalue weighted by molar-refractivity contribution is 0.102. The summed E-state index contributed by atoms with van der Waals surface area (Å²) in [4.78, 5) is 25.6. The number of halogens is 3. The Labute approximate surface area is 207 Å². The van der Waals surface area contributed by atoms with Crippen LogP contribution in [0.3, 0.4) is 0 Å². The SMILES string of the molecule is O=C(Nc1ccc(Cl)nc1N1CCN(C/C=C/c2ccc(Cl)cc2)CC1)c1ccnc(Cl)c1. The predicted molar refractivity (Wildman–Crippen MR) is 136 cm³/mol. The highest BCUT2D eigenvalue weighted by Crippen LogP contribution is 2.27. The van der Waals surface area contributed by atoms with Gasteiger partial charge in [0.25, 0.3) is 5.91 Å². The van der Waals surface area contributed by atoms with Gasteiger partial charge < -0.3 is 10.2 Å². The smallest absolute Gasteiger partial charge is 0.255 e. The van der Waals surface area contributed by atoms with Crippen molar-refractivity contribution >= 4 is 58.3 Å². The van der Waals surface area contributed by atoms with Gasteiger partial charge in [-0.1, -0.05) is 59.1 Å². The molecular formula is C24H22Cl3N5O. The Kier molecular flexibility index (Phi) is 7.83. The maximum atomic E-state index is 12.7. The topological polar surface area (TPSA) is 61.4 Å². The van der Waals surface area contributed by atoms with Crippen molar-refractivity contribution in [2.24, 2.45) is 0 Å². The molecule has 0 unspecified atom stereocenters. The normalized spacial score (nSPS) is 14.6. The lowest BCUT2D eigenvalue weighted by Gasteiger charge is -2.35. The highest BCUT2D eigenvalue weighted by Gasteiger charge is 2.21. The molecule has 9 heteroatoms. The zero-order valence-electron chi connectivity index (χ0n) is 17.7. The monoisotopic (exact) mass is 501 g/mol. The van der Waals surface area contributed by atoms with E-state index in [1.165, 1.54) is 12.3 Å². The van der Waals surface area contributed by atoms with Crippen molar-refractivity contribution in [1.82, 2.24) is 14.9 Å². The van der Waals surface area contributed by atoms with Crippen LogP contribution in [0, 0.1) is 0 Å². The fraction of sp³-hybridized carbons (Fsp3) is 0.208. The summed E-state index contributed by atoms with van der Waals surface area (Å²) in [5, 5.41) is 4.30. The van der Waals surface area contributed by atoms with Gasteiger partial charge in [-0.15, -0.1) is 0 Å². The zero-order chi connectivity index (χ0) is 23.2. The van der Waals surface area contributed by atoms with Crippen LogP contribution in [-0.4, -0.2) is 53.5 Å². The largest absolute Gasteiger partial charge is 0.352 e. The summed E-state index contributed by atoms with van der Waals surface area (Å²) in [6, 6.07) is 14.3. The van der Waals surface area contributed by atoms with Crippen LogP contribution in [0.5, 0.6) is 0 Å². The lowest BCUT2D eigenvalue weighted by Crippen LogP contribution is -2.46. The molecule has 0 bridgehead atoms. The highest BCUT2D eigenvalue weighted by molar-refractivity contribution is 6.30. The van der Waals surface area contributed by atoms with Crippen LogP contribution in [0.2, 0.25) is 15.3 Å². The molecule has 1 fully saturated rings. The molecule has 1 amide bonds. The zero-order valence-corrected chi connectivity index (χ0v) is 20.0. The van der Waals surface area contributed by atoms with E-state index in [0.29, 0.717) is 22.2 Å². The molecule has 3 aromatic rings. The minimum Gasteiger partial charge on any atom is -0.352 e. The number of carbonyl (C=O) groups is 1. The van der Waals surface area contributed by atoms with Crippen LogP contribution in [0.25, 0.3) is 6.08 Å². The Hall–Kier alpha value is -2.64. The standard InChI is InChI=1S/C24H22Cl3N5O/c25-19-5-3-17(4-6-19)2-1-11-31-12-14-32(15-13-31)23-20(7-8-21(26)30-23)29-24(33)18-9-10-28-22(27)16-18/h1-10,16H,11-15H2,(H,29,33)/b2-1+. The predicted octanol–water partition coefficient (Wildman–Crippen LogP) is 5.52. The van der Waals surface area contributed by atoms with Crippen LogP contribution in [0.15, 0.2) is 60.8 Å². The molecule has 0 aliphatic carbocycles. The lowest BCUT2D eigenvalue weighted by atomic mass is 10.2. The maximum Gasteiger partial charge on any atom is 0.255 e. The third-order valence-electron chi connectivity index (χ3n) is 5.29. The van der Waals surface area contributed by atoms with E-state index in [9.17, 15) is 4.79 Å². The Morgan fingerprint density at radius 3 is 2.45 bits per heavy atom. The average molecular weight is 503 g/mol. The van der Waals surface area contributed by atoms with Crippen LogP contribution in [-0.2, 0) is 0 Å². The second kappa shape index (κ2) is 11.0. The number of pyridine rings is 2. The fourth-order valence-corrected chi connectivity index (χ4v) is 4.00. The van der Waals surface area contributed by atoms with Crippen molar-refractivity contribution in [3.8, 4) is 0 Å². The molecule has 6 nitrogen and oxygen atoms in total. The molecule has 1 aromatic carbocycles. The third kappa shape index (κ3) is 6.45. The molecule has 170 valence electrons. The Bertz CT molecular complexity index is 1150. The quantitative estimate of drug-likeness (QED) is 0.449. The van der Waals surface area contributed by atoms with Crippen LogP contribution in [0.1, 0.15) is 15.9 Å². The van der Waals surface area contributed by atoms with E-state index in [-0.39, 0.29) is 11.1 Å². The molecule has 4 rings (SSSR count). The summed E-state index contributed by atoms with van der Waals surface area (Å²) in [5.41, 5.74) is 2.15. The molecule has 1 saturated heterocycles. The van der Waals surface area contributed by atoms with E-state index in [0.717, 1.165) is 43.3 Å². The van der Waals surface area contributed by atoms with Crippen molar-refractivity contribution < 1.29 is 4.79 Å². The van der Waals surface area contributed by atoms with E-state index < -0.39 is 0 Å². The van der Waals surface area contributed by atoms with Gasteiger partial charge in [-0.2, -0.15) is 0 Å². The first-order chi connectivity index (χ1) is 16.0. The summed E-state index contributed by atoms with van der Waals surface area (Å²) >= 11 is 18.0. The number of amides is 1. The Balaban J connectivity index is 1.38. The van der Waals surface area contributed by atoms with Gasteiger partial charge in [0.2, 0.25) is 0 Å². The number of rotatable bonds is 6. The average Bonchev–Trinajstić information content (AvgIpc) is 2.82. The van der Waals surface area contributed by atoms with Crippen LogP contribution >= 0.6 is 34.8 Å². The van der Waals surface area contributed by atoms with Gasteiger partial charge in [0, 0.05) is 49.5 Å². The van der Waals surface area contributed by atoms with Crippen LogP contribution < -0.4 is 10.2 Å². The molecular weight excluding hydrogens is 481 g/mol. The van der Waals surface area contributed by atoms with Crippen molar-refractivity contribution in [2.75, 3.05) is 42.9 Å². The maximum absolute atomic E-state index is 12.7. The first-order valence-electron chi connectivity index (χ1n) is 10.5. The van der Waals surface area contributed by atoms with E-state index in [4.69, 9.17) is 34.8 Å². The Morgan fingerprint density at radius 2 is 1.73 bits per heavy atom. The molecule has 1 aliphatic heterocycles. The van der Waals surface area contributed by atoms with Gasteiger partial charge in [-0.05, 0) is 42.0 Å². The van der Waals surface area contributed by atoms with Gasteiger partial charge >= 0.3 is 0 Å². The van der Waals surface area contributed by atoms with Crippen molar-refractivity contribution in [3.05, 3.63) is 87.3 Å². The summed E-state index contributed by atoms with van der Waals surface area (Å²) in [6.45, 7) is 4.13. The van der Waals surface area contributed by atoms with Gasteiger partial charge in [0.1, 0.15) is 10.3 Å². The van der Waals surface area contributed by atoms with E-state index in [1.807, 2.05) is 24.3 Å². The molecule has 1 aliphatic rings. The molecule has 1 N–H and O–H groups in total. The molecule has 0 spiro atoms. The number of carbonyl (C=O) groups excluding carboxylic acids is 1. The molecule has 2 aromatic heterocycles. The summed E-state index contributed by atoms with van der Waals surface area (Å²) < 4.78 is 0. The van der Waals surface area contributed by atoms with E-state index in [1.54, 1.807) is 18.2 Å². The van der Waals surface area contributed by atoms with Gasteiger partial charge in [-0.3, -0.25) is 9.69 Å². The third-order valence-corrected chi connectivity index (χ3v) is 5.96. The molecule has 0 radical (unpaired) electrons. The highest BCUT2D eigenvalue weighted by atomic mass is 35.5. The fourth-order valence-electron chi connectivity index (χ4n) is 3.56. The number of benzene rings is 1. The number of hydrogen-bond donors (Lipinski definition) is 1. The number of hydrogen-bond acceptors (Lipinski definition) is 5. The summed E-state index contributed by atoms with van der Waals surface area (Å²) in [6.07, 6.45) is 5.75. The first kappa shape index (κ1) is 23.5. The van der Waals surface area contributed by atoms with E-state index >= 15 is 0 Å². The molecule has 0 saturated carbocycles. The second-order valence-electron chi connectivity index (χ2n) is 7.57.